The van der Waals surface area contributed by atoms with E-state index in [1.807, 2.05) is 42.5 Å². The van der Waals surface area contributed by atoms with Crippen LogP contribution in [0.15, 0.2) is 104 Å². The Balaban J connectivity index is 1.37. The van der Waals surface area contributed by atoms with Crippen LogP contribution >= 0.6 is 50.7 Å². The lowest BCUT2D eigenvalue weighted by molar-refractivity contribution is 0.306. The molecule has 2 aromatic heterocycles. The van der Waals surface area contributed by atoms with Crippen LogP contribution in [-0.2, 0) is 6.61 Å². The van der Waals surface area contributed by atoms with Gasteiger partial charge in [0, 0.05) is 14.9 Å². The van der Waals surface area contributed by atoms with Crippen LogP contribution in [0, 0.1) is 0 Å². The number of furan rings is 1. The van der Waals surface area contributed by atoms with Gasteiger partial charge in [0.1, 0.15) is 12.2 Å². The fourth-order valence-electron chi connectivity index (χ4n) is 4.17. The van der Waals surface area contributed by atoms with Crippen molar-refractivity contribution in [3.63, 3.8) is 0 Å². The molecule has 6 rings (SSSR count). The first kappa shape index (κ1) is 26.6. The van der Waals surface area contributed by atoms with Crippen molar-refractivity contribution in [1.29, 1.82) is 0 Å². The fourth-order valence-corrected chi connectivity index (χ4v) is 5.29. The van der Waals surface area contributed by atoms with Gasteiger partial charge in [-0.3, -0.25) is 4.79 Å². The van der Waals surface area contributed by atoms with Crippen molar-refractivity contribution in [3.8, 4) is 17.3 Å². The molecule has 0 N–H and O–H groups in total. The molecule has 0 aliphatic rings. The third-order valence-corrected chi connectivity index (χ3v) is 7.40. The van der Waals surface area contributed by atoms with Crippen LogP contribution < -0.4 is 10.3 Å². The zero-order valence-corrected chi connectivity index (χ0v) is 24.3. The van der Waals surface area contributed by atoms with Gasteiger partial charge in [-0.2, -0.15) is 9.78 Å². The van der Waals surface area contributed by atoms with Gasteiger partial charge in [0.2, 0.25) is 5.82 Å². The number of fused-ring (bicyclic) bond motifs is 2. The molecule has 0 fully saturated rings. The van der Waals surface area contributed by atoms with Gasteiger partial charge in [0.15, 0.2) is 11.5 Å². The number of aromatic nitrogens is 2. The number of halogens is 4. The summed E-state index contributed by atoms with van der Waals surface area (Å²) in [7, 11) is 0. The van der Waals surface area contributed by atoms with Crippen LogP contribution in [0.3, 0.4) is 0 Å². The van der Waals surface area contributed by atoms with Crippen molar-refractivity contribution in [3.05, 3.63) is 126 Å². The lowest BCUT2D eigenvalue weighted by Gasteiger charge is -2.11. The maximum atomic E-state index is 13.5. The van der Waals surface area contributed by atoms with E-state index in [4.69, 9.17) is 48.9 Å². The molecule has 0 unspecified atom stereocenters. The number of hydrogen-bond donors (Lipinski definition) is 0. The van der Waals surface area contributed by atoms with E-state index < -0.39 is 0 Å². The van der Waals surface area contributed by atoms with Crippen LogP contribution in [0.2, 0.25) is 15.1 Å². The number of para-hydroxylation sites is 1. The molecule has 0 radical (unpaired) electrons. The van der Waals surface area contributed by atoms with Gasteiger partial charge in [-0.15, -0.1) is 0 Å². The second-order valence-electron chi connectivity index (χ2n) is 8.84. The maximum Gasteiger partial charge on any atom is 0.282 e. The second-order valence-corrected chi connectivity index (χ2v) is 11.0. The van der Waals surface area contributed by atoms with E-state index in [9.17, 15) is 4.79 Å². The summed E-state index contributed by atoms with van der Waals surface area (Å²) < 4.78 is 14.0. The lowest BCUT2D eigenvalue weighted by atomic mass is 10.2. The van der Waals surface area contributed by atoms with Crippen LogP contribution in [0.25, 0.3) is 33.5 Å². The minimum absolute atomic E-state index is 0.257. The van der Waals surface area contributed by atoms with E-state index >= 15 is 0 Å². The maximum absolute atomic E-state index is 13.5. The van der Waals surface area contributed by atoms with Gasteiger partial charge >= 0.3 is 0 Å². The first-order valence-electron chi connectivity index (χ1n) is 12.0. The molecule has 0 saturated heterocycles. The van der Waals surface area contributed by atoms with E-state index in [1.54, 1.807) is 42.5 Å². The average molecular weight is 654 g/mol. The van der Waals surface area contributed by atoms with Crippen LogP contribution in [0.5, 0.6) is 5.75 Å². The number of benzene rings is 4. The first-order chi connectivity index (χ1) is 19.4. The Bertz CT molecular complexity index is 1960. The van der Waals surface area contributed by atoms with E-state index in [-0.39, 0.29) is 18.0 Å². The molecule has 0 saturated carbocycles. The molecule has 0 bridgehead atoms. The molecular formula is C30H17BrCl3N3O3. The van der Waals surface area contributed by atoms with Gasteiger partial charge in [0.25, 0.3) is 5.56 Å². The zero-order chi connectivity index (χ0) is 27.8. The first-order valence-corrected chi connectivity index (χ1v) is 13.9. The molecule has 198 valence electrons. The molecule has 6 aromatic rings. The predicted molar refractivity (Wildman–Crippen MR) is 164 cm³/mol. The topological polar surface area (TPSA) is 69.6 Å². The number of hydrogen-bond acceptors (Lipinski definition) is 5. The summed E-state index contributed by atoms with van der Waals surface area (Å²) in [5.41, 5.74) is 2.32. The van der Waals surface area contributed by atoms with Crippen molar-refractivity contribution in [1.82, 2.24) is 9.66 Å². The zero-order valence-electron chi connectivity index (χ0n) is 20.4. The number of ether oxygens (including phenoxy) is 1. The molecular weight excluding hydrogens is 637 g/mol. The Labute approximate surface area is 251 Å². The van der Waals surface area contributed by atoms with Crippen molar-refractivity contribution < 1.29 is 9.15 Å². The van der Waals surface area contributed by atoms with Crippen molar-refractivity contribution in [2.45, 2.75) is 6.61 Å². The van der Waals surface area contributed by atoms with Crippen LogP contribution in [-0.4, -0.2) is 15.9 Å². The molecule has 6 nitrogen and oxygen atoms in total. The summed E-state index contributed by atoms with van der Waals surface area (Å²) in [6.07, 6.45) is 1.49. The molecule has 2 heterocycles. The largest absolute Gasteiger partial charge is 0.486 e. The number of rotatable bonds is 6. The lowest BCUT2D eigenvalue weighted by Crippen LogP contribution is -2.20. The third kappa shape index (κ3) is 5.38. The van der Waals surface area contributed by atoms with Crippen LogP contribution in [0.4, 0.5) is 0 Å². The van der Waals surface area contributed by atoms with Gasteiger partial charge in [-0.25, -0.2) is 4.98 Å². The van der Waals surface area contributed by atoms with E-state index in [0.717, 1.165) is 15.4 Å². The van der Waals surface area contributed by atoms with Crippen molar-refractivity contribution >= 4 is 78.8 Å². The summed E-state index contributed by atoms with van der Waals surface area (Å²) >= 11 is 22.4. The highest BCUT2D eigenvalue weighted by Gasteiger charge is 2.17. The Hall–Kier alpha value is -3.62. The molecule has 4 aromatic carbocycles. The second kappa shape index (κ2) is 11.1. The highest BCUT2D eigenvalue weighted by molar-refractivity contribution is 9.10. The van der Waals surface area contributed by atoms with Gasteiger partial charge in [-0.05, 0) is 71.8 Å². The SMILES string of the molecule is O=c1c2ccccc2nc(-c2cc3cc(Br)ccc3o2)n1N=Cc1cc(Cl)c(OCc2ccc(Cl)cc2)c(Cl)c1. The van der Waals surface area contributed by atoms with E-state index in [2.05, 4.69) is 21.0 Å². The third-order valence-electron chi connectivity index (χ3n) is 6.09. The molecule has 0 amide bonds. The predicted octanol–water partition coefficient (Wildman–Crippen LogP) is 8.99. The van der Waals surface area contributed by atoms with Gasteiger partial charge < -0.3 is 9.15 Å². The Kier molecular flexibility index (Phi) is 7.38. The minimum Gasteiger partial charge on any atom is -0.486 e. The highest BCUT2D eigenvalue weighted by atomic mass is 79.9. The Morgan fingerprint density at radius 2 is 1.70 bits per heavy atom. The quantitative estimate of drug-likeness (QED) is 0.168. The summed E-state index contributed by atoms with van der Waals surface area (Å²) in [6, 6.07) is 25.2. The molecule has 0 aliphatic carbocycles. The van der Waals surface area contributed by atoms with Crippen LogP contribution in [0.1, 0.15) is 11.1 Å². The monoisotopic (exact) mass is 651 g/mol. The minimum atomic E-state index is -0.349. The standard InChI is InChI=1S/C30H17BrCl3N3O3/c31-20-7-10-26-19(13-20)14-27(40-26)29-36-25-4-2-1-3-22(25)30(38)37(29)35-15-18-11-23(33)28(24(34)12-18)39-16-17-5-8-21(32)9-6-17/h1-15H,16H2. The van der Waals surface area contributed by atoms with Crippen molar-refractivity contribution in [2.24, 2.45) is 5.10 Å². The molecule has 0 spiro atoms. The highest BCUT2D eigenvalue weighted by Crippen LogP contribution is 2.35. The van der Waals surface area contributed by atoms with E-state index in [1.165, 1.54) is 10.9 Å². The summed E-state index contributed by atoms with van der Waals surface area (Å²) in [6.45, 7) is 0.264. The number of nitrogens with zero attached hydrogens (tertiary/aromatic N) is 3. The van der Waals surface area contributed by atoms with E-state index in [0.29, 0.717) is 48.6 Å². The molecule has 40 heavy (non-hydrogen) atoms. The normalized spacial score (nSPS) is 11.6. The summed E-state index contributed by atoms with van der Waals surface area (Å²) in [4.78, 5) is 18.2. The average Bonchev–Trinajstić information content (AvgIpc) is 3.36. The van der Waals surface area contributed by atoms with Gasteiger partial charge in [0.05, 0.1) is 27.2 Å². The molecule has 0 atom stereocenters. The Morgan fingerprint density at radius 1 is 0.950 bits per heavy atom. The summed E-state index contributed by atoms with van der Waals surface area (Å²) in [5, 5.41) is 7.00. The fraction of sp³-hybridized carbons (Fsp3) is 0.0333. The smallest absolute Gasteiger partial charge is 0.282 e. The molecule has 0 aliphatic heterocycles. The molecule has 10 heteroatoms. The summed E-state index contributed by atoms with van der Waals surface area (Å²) in [5.74, 6) is 0.997. The Morgan fingerprint density at radius 3 is 2.48 bits per heavy atom. The van der Waals surface area contributed by atoms with Gasteiger partial charge in [-0.1, -0.05) is 75.0 Å². The van der Waals surface area contributed by atoms with Crippen molar-refractivity contribution in [2.75, 3.05) is 0 Å².